The fourth-order valence-corrected chi connectivity index (χ4v) is 0.902. The third-order valence-corrected chi connectivity index (χ3v) is 1.53. The molecule has 66 valence electrons. The van der Waals surface area contributed by atoms with Crippen molar-refractivity contribution in [1.29, 1.82) is 0 Å². The number of nitrogens with one attached hydrogen (secondary N) is 1. The minimum atomic E-state index is -0.219. The summed E-state index contributed by atoms with van der Waals surface area (Å²) in [6.07, 6.45) is 3.47. The van der Waals surface area contributed by atoms with Crippen molar-refractivity contribution in [2.24, 2.45) is 0 Å². The van der Waals surface area contributed by atoms with Crippen LogP contribution in [-0.4, -0.2) is 24.3 Å². The summed E-state index contributed by atoms with van der Waals surface area (Å²) < 4.78 is 0. The molecule has 0 aromatic rings. The highest BCUT2D eigenvalue weighted by Gasteiger charge is 1.99. The van der Waals surface area contributed by atoms with E-state index >= 15 is 0 Å². The second kappa shape index (κ2) is 8.05. The first-order chi connectivity index (χ1) is 5.31. The minimum Gasteiger partial charge on any atom is -0.392 e. The van der Waals surface area contributed by atoms with Gasteiger partial charge in [-0.25, -0.2) is 0 Å². The van der Waals surface area contributed by atoms with E-state index in [0.717, 1.165) is 19.4 Å². The van der Waals surface area contributed by atoms with E-state index in [-0.39, 0.29) is 6.10 Å². The van der Waals surface area contributed by atoms with Crippen molar-refractivity contribution in [2.45, 2.75) is 25.9 Å². The summed E-state index contributed by atoms with van der Waals surface area (Å²) >= 11 is 5.29. The van der Waals surface area contributed by atoms with E-state index in [9.17, 15) is 5.11 Å². The predicted molar refractivity (Wildman–Crippen MR) is 48.8 cm³/mol. The maximum absolute atomic E-state index is 9.23. The summed E-state index contributed by atoms with van der Waals surface area (Å²) in [5.74, 6) is 0. The Balaban J connectivity index is 3.10. The summed E-state index contributed by atoms with van der Waals surface area (Å²) in [5, 5.41) is 12.3. The largest absolute Gasteiger partial charge is 0.392 e. The first kappa shape index (κ1) is 11.0. The number of hydrogen-bond acceptors (Lipinski definition) is 2. The van der Waals surface area contributed by atoms with E-state index < -0.39 is 0 Å². The summed E-state index contributed by atoms with van der Waals surface area (Å²) in [7, 11) is 0. The lowest BCUT2D eigenvalue weighted by Gasteiger charge is -2.08. The maximum atomic E-state index is 9.23. The number of aliphatic hydroxyl groups excluding tert-OH is 1. The molecule has 0 saturated carbocycles. The Morgan fingerprint density at radius 2 is 2.36 bits per heavy atom. The average Bonchev–Trinajstić information content (AvgIpc) is 1.99. The van der Waals surface area contributed by atoms with Gasteiger partial charge in [-0.15, -0.1) is 0 Å². The molecule has 0 amide bonds. The van der Waals surface area contributed by atoms with Gasteiger partial charge in [0, 0.05) is 18.6 Å². The summed E-state index contributed by atoms with van der Waals surface area (Å²) in [6.45, 7) is 3.43. The molecule has 3 heteroatoms. The Kier molecular flexibility index (Phi) is 8.01. The molecule has 0 fully saturated rings. The first-order valence-corrected chi connectivity index (χ1v) is 4.39. The lowest BCUT2D eigenvalue weighted by Crippen LogP contribution is -2.26. The van der Waals surface area contributed by atoms with Gasteiger partial charge in [-0.05, 0) is 6.42 Å². The van der Waals surface area contributed by atoms with Crippen LogP contribution in [-0.2, 0) is 0 Å². The third-order valence-electron chi connectivity index (χ3n) is 1.35. The van der Waals surface area contributed by atoms with Gasteiger partial charge < -0.3 is 10.4 Å². The number of hydrogen-bond donors (Lipinski definition) is 2. The highest BCUT2D eigenvalue weighted by molar-refractivity contribution is 6.25. The quantitative estimate of drug-likeness (QED) is 0.603. The molecule has 0 bridgehead atoms. The van der Waals surface area contributed by atoms with E-state index in [0.29, 0.717) is 6.54 Å². The SMILES string of the molecule is CCCC(O)CNC/C=C/Cl. The third kappa shape index (κ3) is 7.85. The van der Waals surface area contributed by atoms with Gasteiger partial charge in [-0.1, -0.05) is 31.0 Å². The van der Waals surface area contributed by atoms with Crippen LogP contribution < -0.4 is 5.32 Å². The van der Waals surface area contributed by atoms with Gasteiger partial charge in [0.05, 0.1) is 6.10 Å². The van der Waals surface area contributed by atoms with Crippen LogP contribution in [0.15, 0.2) is 11.6 Å². The zero-order valence-corrected chi connectivity index (χ0v) is 7.64. The molecule has 0 aliphatic carbocycles. The zero-order valence-electron chi connectivity index (χ0n) is 6.89. The molecule has 0 aromatic carbocycles. The van der Waals surface area contributed by atoms with Crippen molar-refractivity contribution < 1.29 is 5.11 Å². The Morgan fingerprint density at radius 3 is 2.91 bits per heavy atom. The van der Waals surface area contributed by atoms with Gasteiger partial charge in [0.15, 0.2) is 0 Å². The van der Waals surface area contributed by atoms with Crippen molar-refractivity contribution in [2.75, 3.05) is 13.1 Å². The molecule has 0 rings (SSSR count). The van der Waals surface area contributed by atoms with Crippen LogP contribution in [0.1, 0.15) is 19.8 Å². The van der Waals surface area contributed by atoms with E-state index in [4.69, 9.17) is 11.6 Å². The summed E-state index contributed by atoms with van der Waals surface area (Å²) in [5.41, 5.74) is 1.47. The monoisotopic (exact) mass is 177 g/mol. The van der Waals surface area contributed by atoms with Gasteiger partial charge in [0.25, 0.3) is 0 Å². The highest BCUT2D eigenvalue weighted by Crippen LogP contribution is 1.93. The predicted octanol–water partition coefficient (Wildman–Crippen LogP) is 1.49. The second-order valence-electron chi connectivity index (χ2n) is 2.46. The molecule has 2 N–H and O–H groups in total. The topological polar surface area (TPSA) is 32.3 Å². The molecule has 0 aliphatic heterocycles. The van der Waals surface area contributed by atoms with Crippen LogP contribution in [0.2, 0.25) is 0 Å². The van der Waals surface area contributed by atoms with E-state index in [1.54, 1.807) is 6.08 Å². The Labute approximate surface area is 73.3 Å². The van der Waals surface area contributed by atoms with Crippen molar-refractivity contribution in [3.05, 3.63) is 11.6 Å². The molecule has 0 aromatic heterocycles. The fourth-order valence-electron chi connectivity index (χ4n) is 0.813. The summed E-state index contributed by atoms with van der Waals surface area (Å²) in [6, 6.07) is 0. The molecular weight excluding hydrogens is 162 g/mol. The lowest BCUT2D eigenvalue weighted by molar-refractivity contribution is 0.162. The second-order valence-corrected chi connectivity index (χ2v) is 2.71. The van der Waals surface area contributed by atoms with Crippen LogP contribution in [0.3, 0.4) is 0 Å². The molecule has 1 atom stereocenters. The molecule has 0 spiro atoms. The van der Waals surface area contributed by atoms with Gasteiger partial charge in [-0.3, -0.25) is 0 Å². The fraction of sp³-hybridized carbons (Fsp3) is 0.750. The Bertz CT molecular complexity index is 106. The highest BCUT2D eigenvalue weighted by atomic mass is 35.5. The Hall–Kier alpha value is -0.0500. The van der Waals surface area contributed by atoms with E-state index in [1.807, 2.05) is 0 Å². The molecule has 0 aliphatic rings. The average molecular weight is 178 g/mol. The van der Waals surface area contributed by atoms with E-state index in [1.165, 1.54) is 5.54 Å². The number of aliphatic hydroxyl groups is 1. The van der Waals surface area contributed by atoms with Crippen LogP contribution in [0, 0.1) is 0 Å². The maximum Gasteiger partial charge on any atom is 0.0664 e. The van der Waals surface area contributed by atoms with Gasteiger partial charge in [0.2, 0.25) is 0 Å². The number of halogens is 1. The minimum absolute atomic E-state index is 0.219. The van der Waals surface area contributed by atoms with Crippen LogP contribution in [0.5, 0.6) is 0 Å². The van der Waals surface area contributed by atoms with E-state index in [2.05, 4.69) is 12.2 Å². The molecule has 0 radical (unpaired) electrons. The van der Waals surface area contributed by atoms with Crippen molar-refractivity contribution >= 4 is 11.6 Å². The zero-order chi connectivity index (χ0) is 8.53. The normalized spacial score (nSPS) is 14.1. The smallest absolute Gasteiger partial charge is 0.0664 e. The molecule has 1 unspecified atom stereocenters. The van der Waals surface area contributed by atoms with Gasteiger partial charge in [-0.2, -0.15) is 0 Å². The van der Waals surface area contributed by atoms with Crippen LogP contribution >= 0.6 is 11.6 Å². The first-order valence-electron chi connectivity index (χ1n) is 3.95. The Morgan fingerprint density at radius 1 is 1.64 bits per heavy atom. The summed E-state index contributed by atoms with van der Waals surface area (Å²) in [4.78, 5) is 0. The van der Waals surface area contributed by atoms with Crippen molar-refractivity contribution in [3.8, 4) is 0 Å². The molecule has 0 saturated heterocycles. The lowest BCUT2D eigenvalue weighted by atomic mass is 10.2. The molecule has 11 heavy (non-hydrogen) atoms. The van der Waals surface area contributed by atoms with Crippen LogP contribution in [0.25, 0.3) is 0 Å². The van der Waals surface area contributed by atoms with Gasteiger partial charge >= 0.3 is 0 Å². The van der Waals surface area contributed by atoms with Crippen molar-refractivity contribution in [3.63, 3.8) is 0 Å². The number of rotatable bonds is 6. The molecule has 0 heterocycles. The van der Waals surface area contributed by atoms with Gasteiger partial charge in [0.1, 0.15) is 0 Å². The molecular formula is C8H16ClNO. The van der Waals surface area contributed by atoms with Crippen molar-refractivity contribution in [1.82, 2.24) is 5.32 Å². The molecule has 2 nitrogen and oxygen atoms in total. The van der Waals surface area contributed by atoms with Crippen LogP contribution in [0.4, 0.5) is 0 Å². The standard InChI is InChI=1S/C8H16ClNO/c1-2-4-8(11)7-10-6-3-5-9/h3,5,8,10-11H,2,4,6-7H2,1H3/b5-3+.